The predicted octanol–water partition coefficient (Wildman–Crippen LogP) is 0.799. The van der Waals surface area contributed by atoms with Gasteiger partial charge in [-0.15, -0.1) is 0 Å². The van der Waals surface area contributed by atoms with Gasteiger partial charge < -0.3 is 18.9 Å². The van der Waals surface area contributed by atoms with Gasteiger partial charge in [-0.25, -0.2) is 0 Å². The molecule has 1 heterocycles. The molecule has 0 saturated carbocycles. The third-order valence-electron chi connectivity index (χ3n) is 2.22. The third kappa shape index (κ3) is 4.85. The summed E-state index contributed by atoms with van der Waals surface area (Å²) in [5.74, 6) is -0.835. The van der Waals surface area contributed by atoms with Gasteiger partial charge in [0.2, 0.25) is 0 Å². The van der Waals surface area contributed by atoms with Crippen LogP contribution in [0.3, 0.4) is 0 Å². The fraction of sp³-hybridized carbons (Fsp3) is 0.667. The van der Waals surface area contributed by atoms with Crippen LogP contribution in [-0.4, -0.2) is 43.7 Å². The van der Waals surface area contributed by atoms with E-state index in [0.29, 0.717) is 6.61 Å². The monoisotopic (exact) mass is 258 g/mol. The molecule has 0 radical (unpaired) electrons. The average Bonchev–Trinajstić information content (AvgIpc) is 2.28. The van der Waals surface area contributed by atoms with Crippen molar-refractivity contribution < 1.29 is 28.5 Å². The van der Waals surface area contributed by atoms with E-state index >= 15 is 0 Å². The van der Waals surface area contributed by atoms with Crippen molar-refractivity contribution in [1.29, 1.82) is 0 Å². The van der Waals surface area contributed by atoms with Crippen molar-refractivity contribution in [2.24, 2.45) is 0 Å². The molecule has 3 atom stereocenters. The van der Waals surface area contributed by atoms with Crippen LogP contribution in [0, 0.1) is 0 Å². The van der Waals surface area contributed by atoms with Gasteiger partial charge >= 0.3 is 11.9 Å². The molecule has 6 nitrogen and oxygen atoms in total. The lowest BCUT2D eigenvalue weighted by molar-refractivity contribution is -0.195. The Morgan fingerprint density at radius 2 is 1.94 bits per heavy atom. The maximum atomic E-state index is 11.0. The van der Waals surface area contributed by atoms with Crippen LogP contribution >= 0.6 is 0 Å². The summed E-state index contributed by atoms with van der Waals surface area (Å²) in [6.45, 7) is 4.97. The van der Waals surface area contributed by atoms with E-state index in [-0.39, 0.29) is 6.61 Å². The molecule has 0 aromatic carbocycles. The molecule has 0 spiro atoms. The zero-order valence-electron chi connectivity index (χ0n) is 10.8. The fourth-order valence-corrected chi connectivity index (χ4v) is 1.52. The highest BCUT2D eigenvalue weighted by Crippen LogP contribution is 2.17. The normalized spacial score (nSPS) is 26.7. The maximum Gasteiger partial charge on any atom is 0.303 e. The molecule has 0 aromatic heterocycles. The lowest BCUT2D eigenvalue weighted by atomic mass is 10.1. The number of carbonyl (C=O) groups is 2. The molecule has 0 aliphatic carbocycles. The summed E-state index contributed by atoms with van der Waals surface area (Å²) in [5, 5.41) is 0. The van der Waals surface area contributed by atoms with Crippen LogP contribution in [0.2, 0.25) is 0 Å². The van der Waals surface area contributed by atoms with Gasteiger partial charge in [-0.2, -0.15) is 0 Å². The Kier molecular flexibility index (Phi) is 5.80. The van der Waals surface area contributed by atoms with Crippen molar-refractivity contribution in [2.45, 2.75) is 39.3 Å². The predicted molar refractivity (Wildman–Crippen MR) is 61.6 cm³/mol. The third-order valence-corrected chi connectivity index (χ3v) is 2.22. The van der Waals surface area contributed by atoms with E-state index in [2.05, 4.69) is 0 Å². The highest BCUT2D eigenvalue weighted by molar-refractivity contribution is 5.66. The van der Waals surface area contributed by atoms with Gasteiger partial charge in [-0.3, -0.25) is 9.59 Å². The molecule has 102 valence electrons. The number of esters is 2. The zero-order valence-corrected chi connectivity index (χ0v) is 10.8. The van der Waals surface area contributed by atoms with Crippen LogP contribution in [-0.2, 0) is 28.5 Å². The minimum absolute atomic E-state index is 0.0151. The van der Waals surface area contributed by atoms with Crippen molar-refractivity contribution in [3.8, 4) is 0 Å². The van der Waals surface area contributed by atoms with Gasteiger partial charge in [-0.1, -0.05) is 0 Å². The van der Waals surface area contributed by atoms with Gasteiger partial charge in [0.05, 0.1) is 0 Å². The summed E-state index contributed by atoms with van der Waals surface area (Å²) < 4.78 is 20.8. The summed E-state index contributed by atoms with van der Waals surface area (Å²) in [4.78, 5) is 21.7. The minimum Gasteiger partial charge on any atom is -0.463 e. The molecule has 0 bridgehead atoms. The second-order valence-corrected chi connectivity index (χ2v) is 3.76. The van der Waals surface area contributed by atoms with Gasteiger partial charge in [0.15, 0.2) is 6.29 Å². The standard InChI is InChI=1S/C12H18O6/c1-4-15-12-6-5-10(17-9(3)14)11(18-12)7-16-8(2)13/h5-6,10-12H,4,7H2,1-3H3/t10-,11+,12+/m0/s1. The molecule has 1 aliphatic rings. The van der Waals surface area contributed by atoms with Gasteiger partial charge in [0, 0.05) is 20.5 Å². The molecular formula is C12H18O6. The lowest BCUT2D eigenvalue weighted by Gasteiger charge is -2.31. The van der Waals surface area contributed by atoms with Crippen LogP contribution in [0.15, 0.2) is 12.2 Å². The topological polar surface area (TPSA) is 71.1 Å². The molecule has 0 N–H and O–H groups in total. The van der Waals surface area contributed by atoms with Crippen LogP contribution < -0.4 is 0 Å². The first-order valence-corrected chi connectivity index (χ1v) is 5.79. The maximum absolute atomic E-state index is 11.0. The van der Waals surface area contributed by atoms with Gasteiger partial charge in [-0.05, 0) is 19.1 Å². The lowest BCUT2D eigenvalue weighted by Crippen LogP contribution is -2.42. The Labute approximate surface area is 106 Å². The molecule has 0 saturated heterocycles. The van der Waals surface area contributed by atoms with Crippen molar-refractivity contribution in [1.82, 2.24) is 0 Å². The largest absolute Gasteiger partial charge is 0.463 e. The molecule has 0 aromatic rings. The van der Waals surface area contributed by atoms with E-state index in [9.17, 15) is 9.59 Å². The Hall–Kier alpha value is -1.40. The average molecular weight is 258 g/mol. The Morgan fingerprint density at radius 3 is 2.50 bits per heavy atom. The molecule has 0 fully saturated rings. The van der Waals surface area contributed by atoms with E-state index in [1.807, 2.05) is 6.92 Å². The Morgan fingerprint density at radius 1 is 1.22 bits per heavy atom. The van der Waals surface area contributed by atoms with Gasteiger partial charge in [0.1, 0.15) is 18.8 Å². The van der Waals surface area contributed by atoms with E-state index in [4.69, 9.17) is 18.9 Å². The van der Waals surface area contributed by atoms with Gasteiger partial charge in [0.25, 0.3) is 0 Å². The second kappa shape index (κ2) is 7.13. The highest BCUT2D eigenvalue weighted by Gasteiger charge is 2.30. The molecular weight excluding hydrogens is 240 g/mol. The summed E-state index contributed by atoms with van der Waals surface area (Å²) in [6, 6.07) is 0. The SMILES string of the molecule is CCO[C@H]1C=C[C@H](OC(C)=O)[C@@H](COC(C)=O)O1. The smallest absolute Gasteiger partial charge is 0.303 e. The van der Waals surface area contributed by atoms with Crippen molar-refractivity contribution in [2.75, 3.05) is 13.2 Å². The zero-order chi connectivity index (χ0) is 13.5. The van der Waals surface area contributed by atoms with E-state index in [0.717, 1.165) is 0 Å². The number of ether oxygens (including phenoxy) is 4. The molecule has 0 amide bonds. The van der Waals surface area contributed by atoms with Crippen molar-refractivity contribution in [3.05, 3.63) is 12.2 Å². The second-order valence-electron chi connectivity index (χ2n) is 3.76. The summed E-state index contributed by atoms with van der Waals surface area (Å²) in [6.07, 6.45) is 1.71. The summed E-state index contributed by atoms with van der Waals surface area (Å²) in [7, 11) is 0. The number of rotatable bonds is 5. The summed E-state index contributed by atoms with van der Waals surface area (Å²) >= 11 is 0. The van der Waals surface area contributed by atoms with Crippen LogP contribution in [0.1, 0.15) is 20.8 Å². The van der Waals surface area contributed by atoms with E-state index in [1.165, 1.54) is 13.8 Å². The number of carbonyl (C=O) groups excluding carboxylic acids is 2. The highest BCUT2D eigenvalue weighted by atomic mass is 16.7. The van der Waals surface area contributed by atoms with E-state index in [1.54, 1.807) is 12.2 Å². The number of hydrogen-bond donors (Lipinski definition) is 0. The fourth-order valence-electron chi connectivity index (χ4n) is 1.52. The van der Waals surface area contributed by atoms with Crippen LogP contribution in [0.4, 0.5) is 0 Å². The van der Waals surface area contributed by atoms with Crippen LogP contribution in [0.25, 0.3) is 0 Å². The minimum atomic E-state index is -0.571. The first-order chi connectivity index (χ1) is 8.52. The quantitative estimate of drug-likeness (QED) is 0.536. The first kappa shape index (κ1) is 14.7. The van der Waals surface area contributed by atoms with E-state index < -0.39 is 30.4 Å². The van der Waals surface area contributed by atoms with Crippen LogP contribution in [0.5, 0.6) is 0 Å². The Balaban J connectivity index is 2.62. The first-order valence-electron chi connectivity index (χ1n) is 5.79. The van der Waals surface area contributed by atoms with Crippen molar-refractivity contribution >= 4 is 11.9 Å². The molecule has 6 heteroatoms. The molecule has 0 unspecified atom stereocenters. The van der Waals surface area contributed by atoms with Crippen molar-refractivity contribution in [3.63, 3.8) is 0 Å². The Bertz CT molecular complexity index is 325. The molecule has 1 aliphatic heterocycles. The molecule has 18 heavy (non-hydrogen) atoms. The summed E-state index contributed by atoms with van der Waals surface area (Å²) in [5.41, 5.74) is 0. The molecule has 1 rings (SSSR count). The number of hydrogen-bond acceptors (Lipinski definition) is 6.